The van der Waals surface area contributed by atoms with E-state index in [2.05, 4.69) is 20.4 Å². The molecule has 2 aromatic carbocycles. The number of sulfone groups is 1. The van der Waals surface area contributed by atoms with Gasteiger partial charge < -0.3 is 15.6 Å². The Hall–Kier alpha value is -3.27. The molecule has 34 heavy (non-hydrogen) atoms. The molecule has 2 heterocycles. The van der Waals surface area contributed by atoms with E-state index in [4.69, 9.17) is 21.9 Å². The summed E-state index contributed by atoms with van der Waals surface area (Å²) in [6.07, 6.45) is 1.53. The average Bonchev–Trinajstić information content (AvgIpc) is 3.29. The summed E-state index contributed by atoms with van der Waals surface area (Å²) in [7, 11) is -1.49. The summed E-state index contributed by atoms with van der Waals surface area (Å²) in [5.41, 5.74) is 9.94. The van der Waals surface area contributed by atoms with E-state index in [1.807, 2.05) is 25.2 Å². The number of rotatable bonds is 7. The minimum Gasteiger partial charge on any atom is -0.382 e. The van der Waals surface area contributed by atoms with Crippen molar-refractivity contribution < 1.29 is 14.4 Å². The summed E-state index contributed by atoms with van der Waals surface area (Å²) in [4.78, 5) is 9.09. The molecule has 0 saturated heterocycles. The molecule has 8 nitrogen and oxygen atoms in total. The molecule has 0 spiro atoms. The summed E-state index contributed by atoms with van der Waals surface area (Å²) in [5, 5.41) is 7.27. The van der Waals surface area contributed by atoms with Crippen molar-refractivity contribution in [2.24, 2.45) is 0 Å². The first-order valence-corrected chi connectivity index (χ1v) is 12.5. The second-order valence-electron chi connectivity index (χ2n) is 8.03. The van der Waals surface area contributed by atoms with Crippen molar-refractivity contribution >= 4 is 27.3 Å². The lowest BCUT2D eigenvalue weighted by atomic mass is 10.1. The van der Waals surface area contributed by atoms with Crippen molar-refractivity contribution in [1.29, 1.82) is 0 Å². The number of nitrogens with two attached hydrogens (primary N) is 1. The Labute approximate surface area is 204 Å². The second kappa shape index (κ2) is 9.54. The fourth-order valence-corrected chi connectivity index (χ4v) is 4.76. The molecule has 0 fully saturated rings. The third-order valence-electron chi connectivity index (χ3n) is 5.33. The lowest BCUT2D eigenvalue weighted by molar-refractivity contribution is 0.434. The van der Waals surface area contributed by atoms with Gasteiger partial charge in [-0.25, -0.2) is 18.4 Å². The summed E-state index contributed by atoms with van der Waals surface area (Å²) in [6.45, 7) is 4.00. The first-order valence-electron chi connectivity index (χ1n) is 10.6. The number of nitrogens with one attached hydrogen (secondary N) is 1. The smallest absolute Gasteiger partial charge is 0.189 e. The van der Waals surface area contributed by atoms with E-state index < -0.39 is 15.1 Å². The molecule has 2 aromatic heterocycles. The predicted octanol–water partition coefficient (Wildman–Crippen LogP) is 4.85. The SMILES string of the molecule is CNCc1ccc(-c2cc(-c3nc(-c4ccc(S(=O)(=O)C(C)C)cc4)cnc3N)on2)c(Cl)c1.[HH]. The Morgan fingerprint density at radius 2 is 1.85 bits per heavy atom. The van der Waals surface area contributed by atoms with Gasteiger partial charge in [-0.2, -0.15) is 0 Å². The van der Waals surface area contributed by atoms with Crippen LogP contribution in [0, 0.1) is 0 Å². The van der Waals surface area contributed by atoms with Crippen molar-refractivity contribution in [2.75, 3.05) is 12.8 Å². The quantitative estimate of drug-likeness (QED) is 0.370. The zero-order chi connectivity index (χ0) is 24.5. The van der Waals surface area contributed by atoms with Crippen LogP contribution in [-0.4, -0.2) is 35.8 Å². The van der Waals surface area contributed by atoms with Gasteiger partial charge in [0.15, 0.2) is 27.1 Å². The van der Waals surface area contributed by atoms with Gasteiger partial charge in [-0.05, 0) is 44.7 Å². The molecule has 0 aliphatic carbocycles. The molecular weight excluding hydrogens is 474 g/mol. The van der Waals surface area contributed by atoms with Crippen LogP contribution < -0.4 is 11.1 Å². The summed E-state index contributed by atoms with van der Waals surface area (Å²) in [5.74, 6) is 0.525. The normalized spacial score (nSPS) is 11.8. The van der Waals surface area contributed by atoms with Gasteiger partial charge in [-0.1, -0.05) is 41.0 Å². The van der Waals surface area contributed by atoms with Gasteiger partial charge in [0.1, 0.15) is 5.69 Å². The van der Waals surface area contributed by atoms with Crippen LogP contribution in [0.5, 0.6) is 0 Å². The zero-order valence-corrected chi connectivity index (χ0v) is 20.5. The van der Waals surface area contributed by atoms with Crippen LogP contribution in [0.1, 0.15) is 20.8 Å². The molecule has 3 N–H and O–H groups in total. The highest BCUT2D eigenvalue weighted by Gasteiger charge is 2.20. The number of hydrogen-bond acceptors (Lipinski definition) is 8. The molecule has 0 bridgehead atoms. The van der Waals surface area contributed by atoms with Crippen LogP contribution in [0.4, 0.5) is 5.82 Å². The van der Waals surface area contributed by atoms with Crippen LogP contribution in [0.15, 0.2) is 64.1 Å². The molecule has 0 aliphatic heterocycles. The lowest BCUT2D eigenvalue weighted by Gasteiger charge is -2.09. The largest absolute Gasteiger partial charge is 0.382 e. The summed E-state index contributed by atoms with van der Waals surface area (Å²) >= 11 is 6.45. The molecule has 0 atom stereocenters. The molecule has 0 radical (unpaired) electrons. The maximum absolute atomic E-state index is 12.4. The van der Waals surface area contributed by atoms with E-state index in [-0.39, 0.29) is 12.1 Å². The number of hydrogen-bond donors (Lipinski definition) is 2. The summed E-state index contributed by atoms with van der Waals surface area (Å²) < 4.78 is 30.3. The molecule has 10 heteroatoms. The molecular formula is C24H26ClN5O3S. The second-order valence-corrected chi connectivity index (χ2v) is 10.9. The minimum absolute atomic E-state index is 0. The maximum atomic E-state index is 12.4. The highest BCUT2D eigenvalue weighted by Crippen LogP contribution is 2.33. The zero-order valence-electron chi connectivity index (χ0n) is 18.9. The van der Waals surface area contributed by atoms with Gasteiger partial charge >= 0.3 is 0 Å². The Kier molecular flexibility index (Phi) is 6.70. The van der Waals surface area contributed by atoms with Crippen molar-refractivity contribution in [1.82, 2.24) is 20.4 Å². The van der Waals surface area contributed by atoms with Gasteiger partial charge in [0.05, 0.1) is 27.1 Å². The number of anilines is 1. The fourth-order valence-electron chi connectivity index (χ4n) is 3.40. The minimum atomic E-state index is -3.36. The van der Waals surface area contributed by atoms with Crippen LogP contribution in [-0.2, 0) is 16.4 Å². The number of nitrogen functional groups attached to an aromatic ring is 1. The highest BCUT2D eigenvalue weighted by atomic mass is 35.5. The van der Waals surface area contributed by atoms with Crippen LogP contribution in [0.3, 0.4) is 0 Å². The molecule has 0 aliphatic rings. The Morgan fingerprint density at radius 1 is 1.12 bits per heavy atom. The van der Waals surface area contributed by atoms with Crippen molar-refractivity contribution in [3.63, 3.8) is 0 Å². The molecule has 0 amide bonds. The van der Waals surface area contributed by atoms with Gasteiger partial charge in [-0.3, -0.25) is 0 Å². The Balaban J connectivity index is 0.00000342. The first-order chi connectivity index (χ1) is 16.2. The molecule has 0 unspecified atom stereocenters. The number of halogens is 1. The molecule has 0 saturated carbocycles. The number of benzene rings is 2. The standard InChI is InChI=1S/C24H24ClN5O3S.H2/c1-14(2)34(31,32)17-7-5-16(6-8-17)21-13-28-24(26)23(29-21)22-11-20(30-33-22)18-9-4-15(12-27-3)10-19(18)25;/h4-11,13-14,27H,12H2,1-3H3,(H2,26,28);1H. The topological polar surface area (TPSA) is 124 Å². The Bertz CT molecular complexity index is 1440. The summed E-state index contributed by atoms with van der Waals surface area (Å²) in [6, 6.07) is 13.9. The highest BCUT2D eigenvalue weighted by molar-refractivity contribution is 7.92. The van der Waals surface area contributed by atoms with Gasteiger partial charge in [0.2, 0.25) is 0 Å². The van der Waals surface area contributed by atoms with Crippen LogP contribution in [0.25, 0.3) is 34.0 Å². The molecule has 178 valence electrons. The predicted molar refractivity (Wildman–Crippen MR) is 135 cm³/mol. The maximum Gasteiger partial charge on any atom is 0.189 e. The number of nitrogens with zero attached hydrogens (tertiary/aromatic N) is 3. The molecule has 4 rings (SSSR count). The van der Waals surface area contributed by atoms with E-state index in [1.165, 1.54) is 6.20 Å². The first kappa shape index (κ1) is 23.9. The van der Waals surface area contributed by atoms with Crippen molar-refractivity contribution in [2.45, 2.75) is 30.5 Å². The monoisotopic (exact) mass is 499 g/mol. The molecule has 4 aromatic rings. The number of aromatic nitrogens is 3. The Morgan fingerprint density at radius 3 is 2.50 bits per heavy atom. The van der Waals surface area contributed by atoms with Crippen LogP contribution in [0.2, 0.25) is 5.02 Å². The van der Waals surface area contributed by atoms with Gasteiger partial charge in [0.25, 0.3) is 0 Å². The van der Waals surface area contributed by atoms with Crippen LogP contribution >= 0.6 is 11.6 Å². The third-order valence-corrected chi connectivity index (χ3v) is 7.82. The van der Waals surface area contributed by atoms with Crippen molar-refractivity contribution in [3.8, 4) is 34.0 Å². The third kappa shape index (κ3) is 4.68. The van der Waals surface area contributed by atoms with E-state index in [0.29, 0.717) is 40.0 Å². The van der Waals surface area contributed by atoms with Gasteiger partial charge in [-0.15, -0.1) is 0 Å². The lowest BCUT2D eigenvalue weighted by Crippen LogP contribution is -2.13. The van der Waals surface area contributed by atoms with E-state index in [9.17, 15) is 8.42 Å². The van der Waals surface area contributed by atoms with E-state index in [1.54, 1.807) is 44.2 Å². The average molecular weight is 500 g/mol. The fraction of sp³-hybridized carbons (Fsp3) is 0.208. The van der Waals surface area contributed by atoms with E-state index in [0.717, 1.165) is 11.1 Å². The van der Waals surface area contributed by atoms with E-state index >= 15 is 0 Å². The van der Waals surface area contributed by atoms with Gasteiger partial charge in [0, 0.05) is 25.2 Å². The van der Waals surface area contributed by atoms with Crippen molar-refractivity contribution in [3.05, 3.63) is 65.3 Å².